The number of hydrogen-bond donors (Lipinski definition) is 1. The summed E-state index contributed by atoms with van der Waals surface area (Å²) in [7, 11) is 0. The van der Waals surface area contributed by atoms with E-state index in [4.69, 9.17) is 0 Å². The second-order valence-electron chi connectivity index (χ2n) is 10.2. The first-order valence-electron chi connectivity index (χ1n) is 11.9. The zero-order chi connectivity index (χ0) is 20.9. The molecular weight excluding hydrogens is 374 g/mol. The molecule has 2 atom stereocenters. The smallest absolute Gasteiger partial charge is 0.233 e. The summed E-state index contributed by atoms with van der Waals surface area (Å²) in [4.78, 5) is 30.8. The molecule has 2 amide bonds. The molecule has 1 N–H and O–H groups in total. The number of nitrogens with one attached hydrogen (secondary N) is 1. The van der Waals surface area contributed by atoms with Crippen LogP contribution in [0, 0.1) is 18.8 Å². The predicted molar refractivity (Wildman–Crippen MR) is 117 cm³/mol. The summed E-state index contributed by atoms with van der Waals surface area (Å²) in [6.07, 6.45) is 6.13. The lowest BCUT2D eigenvalue weighted by Crippen LogP contribution is -2.57. The van der Waals surface area contributed by atoms with E-state index in [-0.39, 0.29) is 22.8 Å². The Bertz CT molecular complexity index is 821. The van der Waals surface area contributed by atoms with Crippen molar-refractivity contribution >= 4 is 11.8 Å². The standard InChI is InChI=1S/C25H35N3O2/c1-3-4-13-27-16-20-21(17-27)25(26-22(20)29)11-14-28(15-12-25)23(30)24(9-10-24)19-7-5-18(2)6-8-19/h5-8,20-21H,3-4,9-17H2,1-2H3,(H,26,29)/t20-,21+/m1/s1. The van der Waals surface area contributed by atoms with E-state index in [9.17, 15) is 9.59 Å². The van der Waals surface area contributed by atoms with Crippen LogP contribution in [0.15, 0.2) is 24.3 Å². The number of piperidine rings is 1. The molecule has 1 aromatic carbocycles. The Kier molecular flexibility index (Phi) is 4.92. The third kappa shape index (κ3) is 3.17. The zero-order valence-electron chi connectivity index (χ0n) is 18.5. The van der Waals surface area contributed by atoms with Crippen molar-refractivity contribution in [2.45, 2.75) is 63.3 Å². The van der Waals surface area contributed by atoms with Gasteiger partial charge in [-0.1, -0.05) is 43.2 Å². The SMILES string of the molecule is CCCCN1C[C@H]2C(=O)NC3(CCN(C(=O)C4(c5ccc(C)cc5)CC4)CC3)[C@H]2C1. The van der Waals surface area contributed by atoms with Crippen LogP contribution in [0.5, 0.6) is 0 Å². The number of likely N-dealkylation sites (tertiary alicyclic amines) is 2. The Balaban J connectivity index is 1.26. The highest BCUT2D eigenvalue weighted by atomic mass is 16.2. The van der Waals surface area contributed by atoms with Gasteiger partial charge in [0, 0.05) is 37.6 Å². The van der Waals surface area contributed by atoms with Crippen molar-refractivity contribution in [1.29, 1.82) is 0 Å². The molecule has 1 aliphatic carbocycles. The van der Waals surface area contributed by atoms with Crippen molar-refractivity contribution < 1.29 is 9.59 Å². The fourth-order valence-electron chi connectivity index (χ4n) is 6.24. The first-order valence-corrected chi connectivity index (χ1v) is 11.9. The average molecular weight is 410 g/mol. The number of nitrogens with zero attached hydrogens (tertiary/aromatic N) is 2. The lowest BCUT2D eigenvalue weighted by molar-refractivity contribution is -0.136. The van der Waals surface area contributed by atoms with Gasteiger partial charge in [0.25, 0.3) is 0 Å². The first kappa shape index (κ1) is 20.0. The van der Waals surface area contributed by atoms with Gasteiger partial charge in [0.05, 0.1) is 11.3 Å². The topological polar surface area (TPSA) is 52.7 Å². The number of benzene rings is 1. The molecule has 0 radical (unpaired) electrons. The highest BCUT2D eigenvalue weighted by Gasteiger charge is 2.59. The van der Waals surface area contributed by atoms with Gasteiger partial charge in [-0.25, -0.2) is 0 Å². The summed E-state index contributed by atoms with van der Waals surface area (Å²) in [5.41, 5.74) is 2.03. The van der Waals surface area contributed by atoms with Crippen LogP contribution in [0.1, 0.15) is 56.6 Å². The average Bonchev–Trinajstić information content (AvgIpc) is 3.38. The normalized spacial score (nSPS) is 29.1. The predicted octanol–water partition coefficient (Wildman–Crippen LogP) is 2.87. The summed E-state index contributed by atoms with van der Waals surface area (Å²) < 4.78 is 0. The number of rotatable bonds is 5. The van der Waals surface area contributed by atoms with Crippen LogP contribution in [0.4, 0.5) is 0 Å². The Morgan fingerprint density at radius 2 is 1.80 bits per heavy atom. The van der Waals surface area contributed by atoms with E-state index >= 15 is 0 Å². The van der Waals surface area contributed by atoms with E-state index in [0.29, 0.717) is 11.8 Å². The summed E-state index contributed by atoms with van der Waals surface area (Å²) in [6, 6.07) is 8.51. The summed E-state index contributed by atoms with van der Waals surface area (Å²) in [5.74, 6) is 1.10. The van der Waals surface area contributed by atoms with Gasteiger partial charge < -0.3 is 15.1 Å². The number of unbranched alkanes of at least 4 members (excludes halogenated alkanes) is 1. The highest BCUT2D eigenvalue weighted by molar-refractivity contribution is 5.91. The Morgan fingerprint density at radius 3 is 2.43 bits per heavy atom. The molecule has 4 fully saturated rings. The van der Waals surface area contributed by atoms with Gasteiger partial charge in [-0.05, 0) is 51.1 Å². The number of hydrogen-bond acceptors (Lipinski definition) is 3. The molecule has 1 saturated carbocycles. The van der Waals surface area contributed by atoms with Gasteiger partial charge in [-0.2, -0.15) is 0 Å². The van der Waals surface area contributed by atoms with Gasteiger partial charge in [-0.15, -0.1) is 0 Å². The molecule has 1 aromatic rings. The van der Waals surface area contributed by atoms with Crippen molar-refractivity contribution in [2.24, 2.45) is 11.8 Å². The minimum absolute atomic E-state index is 0.0972. The molecule has 3 heterocycles. The largest absolute Gasteiger partial charge is 0.350 e. The molecular formula is C25H35N3O2. The first-order chi connectivity index (χ1) is 14.5. The summed E-state index contributed by atoms with van der Waals surface area (Å²) in [6.45, 7) is 8.90. The molecule has 5 nitrogen and oxygen atoms in total. The number of aryl methyl sites for hydroxylation is 1. The summed E-state index contributed by atoms with van der Waals surface area (Å²) >= 11 is 0. The fraction of sp³-hybridized carbons (Fsp3) is 0.680. The minimum Gasteiger partial charge on any atom is -0.350 e. The molecule has 1 spiro atoms. The third-order valence-corrected chi connectivity index (χ3v) is 8.35. The van der Waals surface area contributed by atoms with Crippen LogP contribution in [0.25, 0.3) is 0 Å². The molecule has 0 unspecified atom stereocenters. The van der Waals surface area contributed by atoms with Crippen molar-refractivity contribution in [3.05, 3.63) is 35.4 Å². The van der Waals surface area contributed by atoms with E-state index in [1.165, 1.54) is 24.0 Å². The molecule has 3 aliphatic heterocycles. The number of carbonyl (C=O) groups excluding carboxylic acids is 2. The monoisotopic (exact) mass is 409 g/mol. The maximum absolute atomic E-state index is 13.5. The van der Waals surface area contributed by atoms with E-state index in [2.05, 4.69) is 53.2 Å². The van der Waals surface area contributed by atoms with E-state index in [0.717, 1.165) is 58.4 Å². The number of carbonyl (C=O) groups is 2. The second kappa shape index (κ2) is 7.37. The van der Waals surface area contributed by atoms with Gasteiger partial charge in [0.15, 0.2) is 0 Å². The molecule has 5 heteroatoms. The quantitative estimate of drug-likeness (QED) is 0.814. The minimum atomic E-state index is -0.288. The van der Waals surface area contributed by atoms with E-state index < -0.39 is 0 Å². The molecule has 162 valence electrons. The number of fused-ring (bicyclic) bond motifs is 2. The lowest BCUT2D eigenvalue weighted by atomic mass is 9.75. The third-order valence-electron chi connectivity index (χ3n) is 8.35. The van der Waals surface area contributed by atoms with Gasteiger partial charge >= 0.3 is 0 Å². The van der Waals surface area contributed by atoms with E-state index in [1.54, 1.807) is 0 Å². The molecule has 4 aliphatic rings. The molecule has 0 aromatic heterocycles. The fourth-order valence-corrected chi connectivity index (χ4v) is 6.24. The van der Waals surface area contributed by atoms with Crippen molar-refractivity contribution in [3.8, 4) is 0 Å². The van der Waals surface area contributed by atoms with Crippen molar-refractivity contribution in [2.75, 3.05) is 32.7 Å². The number of amides is 2. The van der Waals surface area contributed by atoms with Gasteiger partial charge in [0.1, 0.15) is 0 Å². The molecule has 3 saturated heterocycles. The molecule has 0 bridgehead atoms. The van der Waals surface area contributed by atoms with Gasteiger partial charge in [0.2, 0.25) is 11.8 Å². The Labute approximate surface area is 180 Å². The second-order valence-corrected chi connectivity index (χ2v) is 10.2. The zero-order valence-corrected chi connectivity index (χ0v) is 18.5. The molecule has 5 rings (SSSR count). The van der Waals surface area contributed by atoms with Crippen LogP contribution in [-0.2, 0) is 15.0 Å². The van der Waals surface area contributed by atoms with Crippen molar-refractivity contribution in [1.82, 2.24) is 15.1 Å². The van der Waals surface area contributed by atoms with Crippen LogP contribution in [0.2, 0.25) is 0 Å². The van der Waals surface area contributed by atoms with Crippen LogP contribution >= 0.6 is 0 Å². The van der Waals surface area contributed by atoms with Crippen molar-refractivity contribution in [3.63, 3.8) is 0 Å². The maximum atomic E-state index is 13.5. The van der Waals surface area contributed by atoms with Crippen LogP contribution < -0.4 is 5.32 Å². The highest BCUT2D eigenvalue weighted by Crippen LogP contribution is 2.51. The van der Waals surface area contributed by atoms with E-state index in [1.807, 2.05) is 0 Å². The Morgan fingerprint density at radius 1 is 1.10 bits per heavy atom. The van der Waals surface area contributed by atoms with Gasteiger partial charge in [-0.3, -0.25) is 9.59 Å². The molecule has 30 heavy (non-hydrogen) atoms. The van der Waals surface area contributed by atoms with Crippen LogP contribution in [0.3, 0.4) is 0 Å². The van der Waals surface area contributed by atoms with Crippen LogP contribution in [-0.4, -0.2) is 59.9 Å². The summed E-state index contributed by atoms with van der Waals surface area (Å²) in [5, 5.41) is 3.40. The lowest BCUT2D eigenvalue weighted by Gasteiger charge is -2.43. The maximum Gasteiger partial charge on any atom is 0.233 e. The Hall–Kier alpha value is -1.88.